The van der Waals surface area contributed by atoms with Crippen LogP contribution < -0.4 is 5.32 Å². The van der Waals surface area contributed by atoms with E-state index in [1.165, 1.54) is 0 Å². The molecular weight excluding hydrogens is 460 g/mol. The Bertz CT molecular complexity index is 1060. The van der Waals surface area contributed by atoms with E-state index in [0.717, 1.165) is 27.2 Å². The monoisotopic (exact) mass is 487 g/mol. The van der Waals surface area contributed by atoms with Crippen molar-refractivity contribution in [3.63, 3.8) is 0 Å². The molecule has 1 heterocycles. The second-order valence-corrected chi connectivity index (χ2v) is 8.66. The number of hydrogen-bond acceptors (Lipinski definition) is 5. The maximum Gasteiger partial charge on any atom is 0.407 e. The van der Waals surface area contributed by atoms with Gasteiger partial charge in [-0.15, -0.1) is 0 Å². The van der Waals surface area contributed by atoms with E-state index < -0.39 is 30.4 Å². The van der Waals surface area contributed by atoms with Gasteiger partial charge in [-0.1, -0.05) is 48.5 Å². The molecule has 1 aliphatic carbocycles. The summed E-state index contributed by atoms with van der Waals surface area (Å²) in [6.07, 6.45) is -1.06. The summed E-state index contributed by atoms with van der Waals surface area (Å²) in [6.45, 7) is -0.113. The first-order valence-corrected chi connectivity index (χ1v) is 11.5. The van der Waals surface area contributed by atoms with Gasteiger partial charge in [0.2, 0.25) is 0 Å². The highest BCUT2D eigenvalue weighted by Gasteiger charge is 2.43. The minimum Gasteiger partial charge on any atom is -0.481 e. The van der Waals surface area contributed by atoms with Crippen molar-refractivity contribution in [2.75, 3.05) is 45.9 Å². The van der Waals surface area contributed by atoms with E-state index in [4.69, 9.17) is 9.84 Å². The van der Waals surface area contributed by atoms with Gasteiger partial charge in [0.25, 0.3) is 5.91 Å². The van der Waals surface area contributed by atoms with Crippen molar-refractivity contribution in [2.45, 2.75) is 18.3 Å². The number of alkyl halides is 2. The average Bonchev–Trinajstić information content (AvgIpc) is 3.18. The fourth-order valence-electron chi connectivity index (χ4n) is 4.57. The Morgan fingerprint density at radius 1 is 0.971 bits per heavy atom. The number of amides is 2. The molecule has 0 spiro atoms. The average molecular weight is 488 g/mol. The zero-order valence-electron chi connectivity index (χ0n) is 19.1. The third-order valence-electron chi connectivity index (χ3n) is 6.41. The summed E-state index contributed by atoms with van der Waals surface area (Å²) in [6, 6.07) is 15.6. The molecule has 0 bridgehead atoms. The number of nitrogens with zero attached hydrogens (tertiary/aromatic N) is 2. The normalized spacial score (nSPS) is 15.9. The van der Waals surface area contributed by atoms with Gasteiger partial charge in [0.1, 0.15) is 6.61 Å². The summed E-state index contributed by atoms with van der Waals surface area (Å²) in [5, 5.41) is 10.8. The van der Waals surface area contributed by atoms with Crippen molar-refractivity contribution in [1.29, 1.82) is 0 Å². The molecule has 0 unspecified atom stereocenters. The van der Waals surface area contributed by atoms with E-state index in [-0.39, 0.29) is 32.0 Å². The van der Waals surface area contributed by atoms with Crippen LogP contribution in [-0.2, 0) is 14.3 Å². The number of benzene rings is 2. The number of carbonyl (C=O) groups excluding carboxylic acids is 2. The van der Waals surface area contributed by atoms with E-state index >= 15 is 0 Å². The van der Waals surface area contributed by atoms with Crippen LogP contribution in [0.3, 0.4) is 0 Å². The largest absolute Gasteiger partial charge is 0.481 e. The number of ether oxygens (including phenoxy) is 1. The number of piperazine rings is 1. The summed E-state index contributed by atoms with van der Waals surface area (Å²) >= 11 is 0. The SMILES string of the molecule is O=C(O)CCN1CCN(C(=O)C(F)(F)CNC(=O)OCC2c3ccccc3-c3ccccc32)CC1. The summed E-state index contributed by atoms with van der Waals surface area (Å²) in [5.74, 6) is -6.29. The van der Waals surface area contributed by atoms with Crippen LogP contribution in [0.15, 0.2) is 48.5 Å². The minimum atomic E-state index is -3.78. The summed E-state index contributed by atoms with van der Waals surface area (Å²) in [5.41, 5.74) is 4.11. The predicted octanol–water partition coefficient (Wildman–Crippen LogP) is 2.78. The first-order chi connectivity index (χ1) is 16.8. The zero-order chi connectivity index (χ0) is 25.0. The molecule has 2 amide bonds. The molecule has 0 saturated carbocycles. The lowest BCUT2D eigenvalue weighted by Gasteiger charge is -2.36. The third kappa shape index (κ3) is 5.59. The topological polar surface area (TPSA) is 99.2 Å². The maximum absolute atomic E-state index is 14.5. The Hall–Kier alpha value is -3.53. The highest BCUT2D eigenvalue weighted by Crippen LogP contribution is 2.44. The Balaban J connectivity index is 1.26. The van der Waals surface area contributed by atoms with Crippen LogP contribution in [0, 0.1) is 0 Å². The molecule has 1 fully saturated rings. The number of aliphatic carboxylic acids is 1. The Kier molecular flexibility index (Phi) is 7.30. The number of hydrogen-bond donors (Lipinski definition) is 2. The summed E-state index contributed by atoms with van der Waals surface area (Å²) in [4.78, 5) is 38.0. The smallest absolute Gasteiger partial charge is 0.407 e. The van der Waals surface area contributed by atoms with Gasteiger partial charge in [0.15, 0.2) is 0 Å². The molecule has 2 aromatic carbocycles. The van der Waals surface area contributed by atoms with Gasteiger partial charge in [-0.25, -0.2) is 4.79 Å². The van der Waals surface area contributed by atoms with E-state index in [2.05, 4.69) is 0 Å². The van der Waals surface area contributed by atoms with Crippen molar-refractivity contribution >= 4 is 18.0 Å². The van der Waals surface area contributed by atoms with Gasteiger partial charge < -0.3 is 20.1 Å². The minimum absolute atomic E-state index is 0.0162. The van der Waals surface area contributed by atoms with Gasteiger partial charge in [0.05, 0.1) is 13.0 Å². The van der Waals surface area contributed by atoms with E-state index in [1.807, 2.05) is 58.7 Å². The second-order valence-electron chi connectivity index (χ2n) is 8.66. The van der Waals surface area contributed by atoms with Crippen LogP contribution in [0.5, 0.6) is 0 Å². The van der Waals surface area contributed by atoms with Gasteiger partial charge in [-0.2, -0.15) is 8.78 Å². The number of fused-ring (bicyclic) bond motifs is 3. The molecule has 10 heteroatoms. The molecule has 0 aromatic heterocycles. The Morgan fingerprint density at radius 2 is 1.54 bits per heavy atom. The number of rotatable bonds is 8. The molecule has 2 aromatic rings. The molecule has 1 aliphatic heterocycles. The molecule has 1 saturated heterocycles. The van der Waals surface area contributed by atoms with Gasteiger partial charge in [-0.05, 0) is 22.3 Å². The highest BCUT2D eigenvalue weighted by molar-refractivity contribution is 5.84. The molecule has 35 heavy (non-hydrogen) atoms. The number of halogens is 2. The maximum atomic E-state index is 14.5. The standard InChI is InChI=1S/C25H27F2N3O5/c26-25(27,23(33)30-13-11-29(12-14-30)10-9-22(31)32)16-28-24(34)35-15-21-19-7-3-1-5-17(19)18-6-2-4-8-20(18)21/h1-8,21H,9-16H2,(H,28,34)(H,31,32). The Labute approximate surface area is 201 Å². The highest BCUT2D eigenvalue weighted by atomic mass is 19.3. The fourth-order valence-corrected chi connectivity index (χ4v) is 4.57. The molecule has 8 nitrogen and oxygen atoms in total. The summed E-state index contributed by atoms with van der Waals surface area (Å²) < 4.78 is 34.2. The zero-order valence-corrected chi connectivity index (χ0v) is 19.1. The van der Waals surface area contributed by atoms with E-state index in [1.54, 1.807) is 0 Å². The summed E-state index contributed by atoms with van der Waals surface area (Å²) in [7, 11) is 0. The molecule has 2 aliphatic rings. The number of nitrogens with one attached hydrogen (secondary N) is 1. The second kappa shape index (κ2) is 10.4. The molecule has 4 rings (SSSR count). The molecule has 0 atom stereocenters. The first-order valence-electron chi connectivity index (χ1n) is 11.5. The molecule has 2 N–H and O–H groups in total. The lowest BCUT2D eigenvalue weighted by Crippen LogP contribution is -2.56. The van der Waals surface area contributed by atoms with Crippen molar-refractivity contribution in [3.05, 3.63) is 59.7 Å². The number of alkyl carbamates (subject to hydrolysis) is 1. The van der Waals surface area contributed by atoms with Crippen LogP contribution in [0.2, 0.25) is 0 Å². The number of carboxylic acids is 1. The fraction of sp³-hybridized carbons (Fsp3) is 0.400. The van der Waals surface area contributed by atoms with Crippen molar-refractivity contribution in [3.8, 4) is 11.1 Å². The van der Waals surface area contributed by atoms with Crippen LogP contribution in [0.4, 0.5) is 13.6 Å². The van der Waals surface area contributed by atoms with Crippen LogP contribution in [0.25, 0.3) is 11.1 Å². The van der Waals surface area contributed by atoms with Gasteiger partial charge in [0, 0.05) is 38.6 Å². The third-order valence-corrected chi connectivity index (χ3v) is 6.41. The molecular formula is C25H27F2N3O5. The van der Waals surface area contributed by atoms with Crippen LogP contribution in [-0.4, -0.2) is 84.7 Å². The molecule has 0 radical (unpaired) electrons. The van der Waals surface area contributed by atoms with Crippen molar-refractivity contribution in [1.82, 2.24) is 15.1 Å². The van der Waals surface area contributed by atoms with Gasteiger partial charge in [-0.3, -0.25) is 14.5 Å². The lowest BCUT2D eigenvalue weighted by molar-refractivity contribution is -0.158. The quantitative estimate of drug-likeness (QED) is 0.594. The Morgan fingerprint density at radius 3 is 2.11 bits per heavy atom. The lowest BCUT2D eigenvalue weighted by atomic mass is 9.98. The van der Waals surface area contributed by atoms with Crippen LogP contribution in [0.1, 0.15) is 23.5 Å². The number of carboxylic acid groups (broad SMARTS) is 1. The first kappa shape index (κ1) is 24.6. The van der Waals surface area contributed by atoms with E-state index in [9.17, 15) is 23.2 Å². The molecule has 186 valence electrons. The van der Waals surface area contributed by atoms with Crippen molar-refractivity contribution in [2.24, 2.45) is 0 Å². The van der Waals surface area contributed by atoms with Crippen molar-refractivity contribution < 1.29 is 33.0 Å². The van der Waals surface area contributed by atoms with E-state index in [0.29, 0.717) is 19.6 Å². The number of carbonyl (C=O) groups is 3. The van der Waals surface area contributed by atoms with Gasteiger partial charge >= 0.3 is 18.0 Å². The predicted molar refractivity (Wildman–Crippen MR) is 123 cm³/mol. The van der Waals surface area contributed by atoms with Crippen LogP contribution >= 0.6 is 0 Å².